The number of carbonyl (C=O) groups excluding carboxylic acids is 1. The zero-order chi connectivity index (χ0) is 29.1. The fraction of sp³-hybridized carbons (Fsp3) is 0.121. The number of anilines is 1. The number of ether oxygens (including phenoxy) is 3. The van der Waals surface area contributed by atoms with Crippen molar-refractivity contribution < 1.29 is 23.4 Å². The molecule has 3 heterocycles. The number of nitrogens with one attached hydrogen (secondary N) is 1. The van der Waals surface area contributed by atoms with Gasteiger partial charge in [-0.15, -0.1) is 0 Å². The summed E-state index contributed by atoms with van der Waals surface area (Å²) in [5, 5.41) is 3.99. The molecular formula is C33H27N3O5S. The normalized spacial score (nSPS) is 16.1. The smallest absolute Gasteiger partial charge is 0.337 e. The first-order valence-electron chi connectivity index (χ1n) is 13.2. The van der Waals surface area contributed by atoms with Crippen molar-refractivity contribution in [3.8, 4) is 28.6 Å². The molecule has 0 bridgehead atoms. The molecule has 0 spiro atoms. The molecule has 0 aliphatic carbocycles. The molecule has 1 fully saturated rings. The van der Waals surface area contributed by atoms with Crippen LogP contribution < -0.4 is 19.7 Å². The van der Waals surface area contributed by atoms with E-state index >= 15 is 0 Å². The average Bonchev–Trinajstić information content (AvgIpc) is 3.67. The highest BCUT2D eigenvalue weighted by atomic mass is 32.1. The molecule has 42 heavy (non-hydrogen) atoms. The molecule has 1 aliphatic rings. The first-order valence-corrected chi connectivity index (χ1v) is 13.7. The molecule has 0 amide bonds. The van der Waals surface area contributed by atoms with E-state index in [9.17, 15) is 4.79 Å². The summed E-state index contributed by atoms with van der Waals surface area (Å²) in [5.41, 5.74) is 2.90. The summed E-state index contributed by atoms with van der Waals surface area (Å²) in [4.78, 5) is 18.7. The molecule has 6 rings (SSSR count). The summed E-state index contributed by atoms with van der Waals surface area (Å²) in [6.07, 6.45) is 1.76. The third kappa shape index (κ3) is 5.42. The summed E-state index contributed by atoms with van der Waals surface area (Å²) < 4.78 is 22.6. The van der Waals surface area contributed by atoms with Crippen molar-refractivity contribution in [3.63, 3.8) is 0 Å². The Kier molecular flexibility index (Phi) is 7.57. The Morgan fingerprint density at radius 3 is 2.31 bits per heavy atom. The van der Waals surface area contributed by atoms with E-state index in [1.807, 2.05) is 89.8 Å². The van der Waals surface area contributed by atoms with E-state index in [4.69, 9.17) is 30.8 Å². The van der Waals surface area contributed by atoms with E-state index in [-0.39, 0.29) is 12.1 Å². The van der Waals surface area contributed by atoms with Gasteiger partial charge >= 0.3 is 5.97 Å². The number of furan rings is 1. The number of pyridine rings is 1. The second-order valence-electron chi connectivity index (χ2n) is 9.54. The SMILES string of the molecule is COC(=O)c1cccc(-c2ccc(C3C(c4ccccn4)NC(=S)N3c3ccc(Oc4ccc(OC)cc4)cc3)o2)c1. The van der Waals surface area contributed by atoms with Gasteiger partial charge in [0, 0.05) is 17.4 Å². The van der Waals surface area contributed by atoms with Gasteiger partial charge in [-0.25, -0.2) is 4.79 Å². The monoisotopic (exact) mass is 577 g/mol. The predicted molar refractivity (Wildman–Crippen MR) is 163 cm³/mol. The molecule has 9 heteroatoms. The number of carbonyl (C=O) groups is 1. The minimum Gasteiger partial charge on any atom is -0.497 e. The predicted octanol–water partition coefficient (Wildman–Crippen LogP) is 7.11. The van der Waals surface area contributed by atoms with Crippen LogP contribution in [0, 0.1) is 0 Å². The van der Waals surface area contributed by atoms with Crippen molar-refractivity contribution in [2.24, 2.45) is 0 Å². The van der Waals surface area contributed by atoms with Crippen LogP contribution >= 0.6 is 12.2 Å². The summed E-state index contributed by atoms with van der Waals surface area (Å²) in [6, 6.07) is 31.3. The molecule has 2 aromatic heterocycles. The fourth-order valence-electron chi connectivity index (χ4n) is 4.96. The van der Waals surface area contributed by atoms with Crippen molar-refractivity contribution in [2.75, 3.05) is 19.1 Å². The van der Waals surface area contributed by atoms with E-state index in [1.54, 1.807) is 31.5 Å². The Hall–Kier alpha value is -5.15. The van der Waals surface area contributed by atoms with E-state index in [1.165, 1.54) is 7.11 Å². The number of benzene rings is 3. The minimum absolute atomic E-state index is 0.269. The van der Waals surface area contributed by atoms with Crippen LogP contribution in [-0.2, 0) is 4.74 Å². The molecule has 1 saturated heterocycles. The first-order chi connectivity index (χ1) is 20.5. The number of esters is 1. The molecular weight excluding hydrogens is 550 g/mol. The molecule has 3 aromatic carbocycles. The Morgan fingerprint density at radius 1 is 0.881 bits per heavy atom. The molecule has 0 saturated carbocycles. The maximum absolute atomic E-state index is 12.1. The third-order valence-electron chi connectivity index (χ3n) is 6.99. The number of methoxy groups -OCH3 is 2. The minimum atomic E-state index is -0.408. The largest absolute Gasteiger partial charge is 0.497 e. The highest BCUT2D eigenvalue weighted by Crippen LogP contribution is 2.43. The molecule has 2 atom stereocenters. The Labute approximate surface area is 248 Å². The lowest BCUT2D eigenvalue weighted by Gasteiger charge is -2.26. The summed E-state index contributed by atoms with van der Waals surface area (Å²) >= 11 is 5.85. The summed E-state index contributed by atoms with van der Waals surface area (Å²) in [5.74, 6) is 3.06. The van der Waals surface area contributed by atoms with Gasteiger partial charge in [0.05, 0.1) is 31.5 Å². The Balaban J connectivity index is 1.33. The summed E-state index contributed by atoms with van der Waals surface area (Å²) in [6.45, 7) is 0. The molecule has 210 valence electrons. The summed E-state index contributed by atoms with van der Waals surface area (Å²) in [7, 11) is 2.99. The standard InChI is InChI=1S/C33H27N3O5S/c1-38-24-13-15-26(16-14-24)40-25-11-9-23(10-12-25)36-31(30(35-33(36)42)27-8-3-4-19-34-27)29-18-17-28(41-29)21-6-5-7-22(20-21)32(37)39-2/h3-20,30-31H,1-2H3,(H,35,42). The highest BCUT2D eigenvalue weighted by molar-refractivity contribution is 7.80. The lowest BCUT2D eigenvalue weighted by molar-refractivity contribution is 0.0600. The van der Waals surface area contributed by atoms with Gasteiger partial charge in [-0.2, -0.15) is 0 Å². The lowest BCUT2D eigenvalue weighted by atomic mass is 10.0. The van der Waals surface area contributed by atoms with Gasteiger partial charge < -0.3 is 28.8 Å². The number of aromatic nitrogens is 1. The second-order valence-corrected chi connectivity index (χ2v) is 9.93. The van der Waals surface area contributed by atoms with Crippen molar-refractivity contribution in [1.82, 2.24) is 10.3 Å². The maximum atomic E-state index is 12.1. The molecule has 5 aromatic rings. The molecule has 1 N–H and O–H groups in total. The second kappa shape index (κ2) is 11.8. The molecule has 2 unspecified atom stereocenters. The van der Waals surface area contributed by atoms with Gasteiger partial charge in [-0.1, -0.05) is 18.2 Å². The highest BCUT2D eigenvalue weighted by Gasteiger charge is 2.42. The van der Waals surface area contributed by atoms with Crippen LogP contribution in [0.5, 0.6) is 17.2 Å². The van der Waals surface area contributed by atoms with E-state index < -0.39 is 5.97 Å². The van der Waals surface area contributed by atoms with Crippen LogP contribution in [0.4, 0.5) is 5.69 Å². The van der Waals surface area contributed by atoms with Gasteiger partial charge in [0.25, 0.3) is 0 Å². The van der Waals surface area contributed by atoms with Crippen LogP contribution in [-0.4, -0.2) is 30.3 Å². The van der Waals surface area contributed by atoms with Gasteiger partial charge in [0.2, 0.25) is 0 Å². The third-order valence-corrected chi connectivity index (χ3v) is 7.31. The first kappa shape index (κ1) is 27.0. The fourth-order valence-corrected chi connectivity index (χ4v) is 5.31. The Bertz CT molecular complexity index is 1700. The van der Waals surface area contributed by atoms with Crippen LogP contribution in [0.25, 0.3) is 11.3 Å². The topological polar surface area (TPSA) is 86.1 Å². The van der Waals surface area contributed by atoms with Gasteiger partial charge in [0.1, 0.15) is 34.8 Å². The van der Waals surface area contributed by atoms with Crippen LogP contribution in [0.3, 0.4) is 0 Å². The molecule has 1 aliphatic heterocycles. The van der Waals surface area contributed by atoms with Crippen molar-refractivity contribution in [1.29, 1.82) is 0 Å². The Morgan fingerprint density at radius 2 is 1.62 bits per heavy atom. The van der Waals surface area contributed by atoms with Gasteiger partial charge in [-0.3, -0.25) is 4.98 Å². The number of hydrogen-bond acceptors (Lipinski definition) is 7. The number of nitrogens with zero attached hydrogens (tertiary/aromatic N) is 2. The van der Waals surface area contributed by atoms with Gasteiger partial charge in [-0.05, 0) is 97.1 Å². The number of rotatable bonds is 8. The zero-order valence-electron chi connectivity index (χ0n) is 22.9. The van der Waals surface area contributed by atoms with Crippen molar-refractivity contribution in [2.45, 2.75) is 12.1 Å². The van der Waals surface area contributed by atoms with E-state index in [0.717, 1.165) is 22.7 Å². The van der Waals surface area contributed by atoms with Crippen LogP contribution in [0.2, 0.25) is 0 Å². The van der Waals surface area contributed by atoms with Crippen molar-refractivity contribution >= 4 is 29.0 Å². The zero-order valence-corrected chi connectivity index (χ0v) is 23.7. The van der Waals surface area contributed by atoms with Crippen molar-refractivity contribution in [3.05, 3.63) is 126 Å². The molecule has 8 nitrogen and oxygen atoms in total. The lowest BCUT2D eigenvalue weighted by Crippen LogP contribution is -2.29. The number of hydrogen-bond donors (Lipinski definition) is 1. The quantitative estimate of drug-likeness (QED) is 0.153. The van der Waals surface area contributed by atoms with Crippen LogP contribution in [0.1, 0.15) is 33.9 Å². The maximum Gasteiger partial charge on any atom is 0.337 e. The molecule has 0 radical (unpaired) electrons. The van der Waals surface area contributed by atoms with E-state index in [0.29, 0.717) is 33.7 Å². The number of thiocarbonyl (C=S) groups is 1. The van der Waals surface area contributed by atoms with Crippen LogP contribution in [0.15, 0.2) is 114 Å². The van der Waals surface area contributed by atoms with Gasteiger partial charge in [0.15, 0.2) is 5.11 Å². The average molecular weight is 578 g/mol. The van der Waals surface area contributed by atoms with E-state index in [2.05, 4.69) is 10.3 Å².